The molecule has 3 rings (SSSR count). The van der Waals surface area contributed by atoms with Crippen LogP contribution in [-0.2, 0) is 16.1 Å². The molecule has 1 fully saturated rings. The van der Waals surface area contributed by atoms with Crippen molar-refractivity contribution in [3.05, 3.63) is 52.3 Å². The van der Waals surface area contributed by atoms with E-state index in [9.17, 15) is 19.1 Å². The number of rotatable bonds is 7. The highest BCUT2D eigenvalue weighted by molar-refractivity contribution is 6.29. The number of carboxylic acids is 1. The van der Waals surface area contributed by atoms with Gasteiger partial charge >= 0.3 is 5.97 Å². The molecule has 0 unspecified atom stereocenters. The normalized spacial score (nSPS) is 18.1. The summed E-state index contributed by atoms with van der Waals surface area (Å²) in [5.74, 6) is 4.28. The van der Waals surface area contributed by atoms with Gasteiger partial charge in [0.15, 0.2) is 0 Å². The number of benzene rings is 1. The first-order chi connectivity index (χ1) is 16.1. The molecule has 9 heteroatoms. The van der Waals surface area contributed by atoms with Gasteiger partial charge in [-0.2, -0.15) is 0 Å². The van der Waals surface area contributed by atoms with Crippen LogP contribution in [0.25, 0.3) is 0 Å². The standard InChI is InChI=1S/C25H29ClFN3O4/c1-25(2,34-3)13-12-20-21(22(31)28-14-16-4-8-18(9-5-16)23(32)33)30(24(26)29-20)15-17-6-10-19(27)11-7-17/h6-7,10-11,16,18H,4-5,8-9,14-15H2,1-3H3,(H,28,31)(H,32,33). The third-order valence-corrected chi connectivity index (χ3v) is 6.42. The van der Waals surface area contributed by atoms with Crippen LogP contribution in [0.5, 0.6) is 0 Å². The number of carbonyl (C=O) groups is 2. The highest BCUT2D eigenvalue weighted by Gasteiger charge is 2.27. The number of ether oxygens (including phenoxy) is 1. The molecular formula is C25H29ClFN3O4. The van der Waals surface area contributed by atoms with Gasteiger partial charge in [0.25, 0.3) is 5.91 Å². The Balaban J connectivity index is 1.83. The minimum Gasteiger partial charge on any atom is -0.481 e. The number of carboxylic acid groups (broad SMARTS) is 1. The van der Waals surface area contributed by atoms with Crippen molar-refractivity contribution >= 4 is 23.5 Å². The Hall–Kier alpha value is -2.89. The number of imidazole rings is 1. The number of aromatic nitrogens is 2. The molecule has 0 atom stereocenters. The lowest BCUT2D eigenvalue weighted by Gasteiger charge is -2.26. The third-order valence-electron chi connectivity index (χ3n) is 6.13. The van der Waals surface area contributed by atoms with E-state index in [1.54, 1.807) is 37.7 Å². The SMILES string of the molecule is COC(C)(C)C#Cc1nc(Cl)n(Cc2ccc(F)cc2)c1C(=O)NCC1CCC(C(=O)O)CC1. The summed E-state index contributed by atoms with van der Waals surface area (Å²) < 4.78 is 20.2. The van der Waals surface area contributed by atoms with Crippen molar-refractivity contribution in [2.45, 2.75) is 51.7 Å². The second-order valence-corrected chi connectivity index (χ2v) is 9.36. The Morgan fingerprint density at radius 2 is 1.91 bits per heavy atom. The maximum absolute atomic E-state index is 13.3. The van der Waals surface area contributed by atoms with E-state index < -0.39 is 11.6 Å². The molecule has 0 aliphatic heterocycles. The molecule has 0 radical (unpaired) electrons. The van der Waals surface area contributed by atoms with Gasteiger partial charge in [0.1, 0.15) is 22.8 Å². The van der Waals surface area contributed by atoms with Gasteiger partial charge in [0.05, 0.1) is 12.5 Å². The summed E-state index contributed by atoms with van der Waals surface area (Å²) in [4.78, 5) is 28.8. The van der Waals surface area contributed by atoms with Crippen LogP contribution in [0.4, 0.5) is 4.39 Å². The molecule has 1 amide bonds. The van der Waals surface area contributed by atoms with Crippen molar-refractivity contribution < 1.29 is 23.8 Å². The molecule has 1 aromatic carbocycles. The Bertz CT molecular complexity index is 1090. The van der Waals surface area contributed by atoms with Gasteiger partial charge in [0.2, 0.25) is 5.28 Å². The zero-order valence-corrected chi connectivity index (χ0v) is 20.3. The molecule has 0 saturated heterocycles. The van der Waals surface area contributed by atoms with Crippen molar-refractivity contribution in [3.8, 4) is 11.8 Å². The first-order valence-electron chi connectivity index (χ1n) is 11.2. The average molecular weight is 490 g/mol. The largest absolute Gasteiger partial charge is 0.481 e. The van der Waals surface area contributed by atoms with Gasteiger partial charge in [-0.25, -0.2) is 9.37 Å². The van der Waals surface area contributed by atoms with Crippen LogP contribution in [0, 0.1) is 29.5 Å². The number of carbonyl (C=O) groups excluding carboxylic acids is 1. The van der Waals surface area contributed by atoms with Crippen molar-refractivity contribution in [1.82, 2.24) is 14.9 Å². The van der Waals surface area contributed by atoms with E-state index >= 15 is 0 Å². The lowest BCUT2D eigenvalue weighted by molar-refractivity contribution is -0.143. The molecule has 0 bridgehead atoms. The Morgan fingerprint density at radius 1 is 1.26 bits per heavy atom. The first-order valence-corrected chi connectivity index (χ1v) is 11.6. The minimum atomic E-state index is -0.760. The topological polar surface area (TPSA) is 93.5 Å². The lowest BCUT2D eigenvalue weighted by Crippen LogP contribution is -2.34. The van der Waals surface area contributed by atoms with Gasteiger partial charge in [-0.3, -0.25) is 9.59 Å². The van der Waals surface area contributed by atoms with E-state index in [4.69, 9.17) is 16.3 Å². The van der Waals surface area contributed by atoms with Crippen LogP contribution < -0.4 is 5.32 Å². The molecule has 1 aliphatic carbocycles. The third kappa shape index (κ3) is 6.58. The quantitative estimate of drug-likeness (QED) is 0.570. The van der Waals surface area contributed by atoms with Gasteiger partial charge in [-0.1, -0.05) is 18.1 Å². The van der Waals surface area contributed by atoms with E-state index in [2.05, 4.69) is 22.1 Å². The van der Waals surface area contributed by atoms with Crippen LogP contribution in [-0.4, -0.2) is 45.8 Å². The first kappa shape index (κ1) is 25.7. The summed E-state index contributed by atoms with van der Waals surface area (Å²) in [6.45, 7) is 4.23. The maximum atomic E-state index is 13.3. The minimum absolute atomic E-state index is 0.0935. The van der Waals surface area contributed by atoms with Crippen LogP contribution in [0.3, 0.4) is 0 Å². The van der Waals surface area contributed by atoms with Crippen LogP contribution in [0.15, 0.2) is 24.3 Å². The second kappa shape index (κ2) is 11.0. The highest BCUT2D eigenvalue weighted by Crippen LogP contribution is 2.28. The summed E-state index contributed by atoms with van der Waals surface area (Å²) >= 11 is 6.40. The molecule has 1 aromatic heterocycles. The van der Waals surface area contributed by atoms with Crippen molar-refractivity contribution in [3.63, 3.8) is 0 Å². The predicted octanol–water partition coefficient (Wildman–Crippen LogP) is 4.12. The van der Waals surface area contributed by atoms with Gasteiger partial charge < -0.3 is 19.7 Å². The predicted molar refractivity (Wildman–Crippen MR) is 126 cm³/mol. The number of hydrogen-bond acceptors (Lipinski definition) is 4. The van der Waals surface area contributed by atoms with E-state index in [0.717, 1.165) is 18.4 Å². The number of nitrogens with one attached hydrogen (secondary N) is 1. The number of nitrogens with zero attached hydrogens (tertiary/aromatic N) is 2. The molecule has 1 aliphatic rings. The van der Waals surface area contributed by atoms with E-state index in [1.807, 2.05) is 0 Å². The van der Waals surface area contributed by atoms with Crippen molar-refractivity contribution in [2.75, 3.05) is 13.7 Å². The van der Waals surface area contributed by atoms with Crippen LogP contribution >= 0.6 is 11.6 Å². The van der Waals surface area contributed by atoms with Gasteiger partial charge in [0, 0.05) is 13.7 Å². The number of methoxy groups -OCH3 is 1. The zero-order valence-electron chi connectivity index (χ0n) is 19.5. The van der Waals surface area contributed by atoms with Crippen LogP contribution in [0.2, 0.25) is 5.28 Å². The van der Waals surface area contributed by atoms with E-state index in [1.165, 1.54) is 12.1 Å². The average Bonchev–Trinajstić information content (AvgIpc) is 3.13. The summed E-state index contributed by atoms with van der Waals surface area (Å²) in [7, 11) is 1.54. The molecule has 2 N–H and O–H groups in total. The van der Waals surface area contributed by atoms with E-state index in [0.29, 0.717) is 19.4 Å². The summed E-state index contributed by atoms with van der Waals surface area (Å²) in [5, 5.41) is 12.2. The van der Waals surface area contributed by atoms with Crippen LogP contribution in [0.1, 0.15) is 61.3 Å². The van der Waals surface area contributed by atoms with Crippen molar-refractivity contribution in [1.29, 1.82) is 0 Å². The monoisotopic (exact) mass is 489 g/mol. The smallest absolute Gasteiger partial charge is 0.306 e. The summed E-state index contributed by atoms with van der Waals surface area (Å²) in [6.07, 6.45) is 2.68. The molecular weight excluding hydrogens is 461 g/mol. The van der Waals surface area contributed by atoms with Crippen molar-refractivity contribution in [2.24, 2.45) is 11.8 Å². The highest BCUT2D eigenvalue weighted by atomic mass is 35.5. The number of halogens is 2. The molecule has 182 valence electrons. The van der Waals surface area contributed by atoms with E-state index in [-0.39, 0.29) is 46.8 Å². The Morgan fingerprint density at radius 3 is 2.50 bits per heavy atom. The fraction of sp³-hybridized carbons (Fsp3) is 0.480. The Kier molecular flexibility index (Phi) is 8.34. The Labute approximate surface area is 203 Å². The zero-order chi connectivity index (χ0) is 24.9. The number of amides is 1. The molecule has 2 aromatic rings. The molecule has 1 saturated carbocycles. The number of aliphatic carboxylic acids is 1. The fourth-order valence-corrected chi connectivity index (χ4v) is 4.08. The fourth-order valence-electron chi connectivity index (χ4n) is 3.85. The van der Waals surface area contributed by atoms with Gasteiger partial charge in [-0.15, -0.1) is 0 Å². The molecule has 1 heterocycles. The second-order valence-electron chi connectivity index (χ2n) is 9.02. The molecule has 7 nitrogen and oxygen atoms in total. The molecule has 0 spiro atoms. The number of hydrogen-bond donors (Lipinski definition) is 2. The maximum Gasteiger partial charge on any atom is 0.306 e. The lowest BCUT2D eigenvalue weighted by atomic mass is 9.82. The molecule has 34 heavy (non-hydrogen) atoms. The van der Waals surface area contributed by atoms with Gasteiger partial charge in [-0.05, 0) is 80.7 Å². The summed E-state index contributed by atoms with van der Waals surface area (Å²) in [6, 6.07) is 5.92. The summed E-state index contributed by atoms with van der Waals surface area (Å²) in [5.41, 5.74) is 0.444.